The zero-order valence-electron chi connectivity index (χ0n) is 16.3. The number of nitrogens with one attached hydrogen (secondary N) is 2. The second kappa shape index (κ2) is 10.4. The number of benzene rings is 1. The molecule has 27 heavy (non-hydrogen) atoms. The molecule has 0 aliphatic heterocycles. The van der Waals surface area contributed by atoms with Crippen LogP contribution >= 0.6 is 0 Å². The highest BCUT2D eigenvalue weighted by molar-refractivity contribution is 7.88. The van der Waals surface area contributed by atoms with Crippen LogP contribution in [0.15, 0.2) is 30.3 Å². The van der Waals surface area contributed by atoms with Crippen molar-refractivity contribution in [2.45, 2.75) is 58.4 Å². The van der Waals surface area contributed by atoms with Crippen LogP contribution in [0.5, 0.6) is 0 Å². The van der Waals surface area contributed by atoms with Crippen LogP contribution in [-0.4, -0.2) is 37.5 Å². The summed E-state index contributed by atoms with van der Waals surface area (Å²) in [5.74, 6) is -1.87. The van der Waals surface area contributed by atoms with Crippen molar-refractivity contribution in [3.8, 4) is 0 Å². The normalized spacial score (nSPS) is 14.1. The largest absolute Gasteiger partial charge is 0.480 e. The molecule has 3 N–H and O–H groups in total. The van der Waals surface area contributed by atoms with E-state index >= 15 is 0 Å². The summed E-state index contributed by atoms with van der Waals surface area (Å²) in [6, 6.07) is 6.59. The zero-order valence-corrected chi connectivity index (χ0v) is 17.1. The van der Waals surface area contributed by atoms with E-state index in [1.807, 2.05) is 27.7 Å². The van der Waals surface area contributed by atoms with E-state index in [1.54, 1.807) is 30.3 Å². The number of hydrogen-bond donors (Lipinski definition) is 3. The molecule has 1 aromatic carbocycles. The van der Waals surface area contributed by atoms with Gasteiger partial charge in [-0.1, -0.05) is 58.0 Å². The first-order valence-electron chi connectivity index (χ1n) is 9.07. The highest BCUT2D eigenvalue weighted by atomic mass is 32.2. The van der Waals surface area contributed by atoms with Crippen LogP contribution in [0.4, 0.5) is 0 Å². The van der Waals surface area contributed by atoms with Gasteiger partial charge in [0.05, 0.1) is 5.75 Å². The lowest BCUT2D eigenvalue weighted by Gasteiger charge is -2.23. The van der Waals surface area contributed by atoms with Crippen LogP contribution in [0.2, 0.25) is 0 Å². The van der Waals surface area contributed by atoms with Gasteiger partial charge < -0.3 is 10.4 Å². The lowest BCUT2D eigenvalue weighted by molar-refractivity contribution is -0.142. The quantitative estimate of drug-likeness (QED) is 0.529. The van der Waals surface area contributed by atoms with Gasteiger partial charge in [-0.3, -0.25) is 4.79 Å². The van der Waals surface area contributed by atoms with Gasteiger partial charge in [0.1, 0.15) is 12.1 Å². The number of hydrogen-bond acceptors (Lipinski definition) is 4. The highest BCUT2D eigenvalue weighted by Crippen LogP contribution is 2.11. The maximum atomic E-state index is 12.6. The zero-order chi connectivity index (χ0) is 20.6. The van der Waals surface area contributed by atoms with Crippen molar-refractivity contribution < 1.29 is 23.1 Å². The molecular formula is C19H30N2O5S. The van der Waals surface area contributed by atoms with E-state index in [9.17, 15) is 23.1 Å². The number of sulfonamides is 1. The summed E-state index contributed by atoms with van der Waals surface area (Å²) in [7, 11) is -3.76. The van der Waals surface area contributed by atoms with E-state index in [4.69, 9.17) is 0 Å². The van der Waals surface area contributed by atoms with Crippen LogP contribution in [0, 0.1) is 11.8 Å². The van der Waals surface area contributed by atoms with Gasteiger partial charge in [0.2, 0.25) is 15.9 Å². The van der Waals surface area contributed by atoms with Crippen LogP contribution in [0.1, 0.15) is 46.1 Å². The Morgan fingerprint density at radius 1 is 0.963 bits per heavy atom. The van der Waals surface area contributed by atoms with Gasteiger partial charge in [-0.25, -0.2) is 17.9 Å². The topological polar surface area (TPSA) is 113 Å². The Kier molecular flexibility index (Phi) is 8.92. The standard InChI is InChI=1S/C19H30N2O5S/c1-13(2)10-16(18(22)20-17(19(23)24)11-14(3)4)21-27(25,26)12-15-8-6-5-7-9-15/h5-9,13-14,16-17,21H,10-12H2,1-4H3,(H,20,22)(H,23,24). The van der Waals surface area contributed by atoms with Gasteiger partial charge in [-0.2, -0.15) is 0 Å². The number of carboxylic acids is 1. The van der Waals surface area contributed by atoms with Crippen LogP contribution in [-0.2, 0) is 25.4 Å². The predicted molar refractivity (Wildman–Crippen MR) is 104 cm³/mol. The molecule has 7 nitrogen and oxygen atoms in total. The van der Waals surface area contributed by atoms with Gasteiger partial charge in [0.25, 0.3) is 0 Å². The Bertz CT molecular complexity index is 717. The van der Waals surface area contributed by atoms with Gasteiger partial charge >= 0.3 is 5.97 Å². The van der Waals surface area contributed by atoms with E-state index in [0.717, 1.165) is 0 Å². The molecule has 1 rings (SSSR count). The van der Waals surface area contributed by atoms with Crippen molar-refractivity contribution in [2.24, 2.45) is 11.8 Å². The molecule has 1 amide bonds. The molecule has 0 spiro atoms. The second-order valence-electron chi connectivity index (χ2n) is 7.57. The fraction of sp³-hybridized carbons (Fsp3) is 0.579. The molecule has 0 saturated carbocycles. The lowest BCUT2D eigenvalue weighted by atomic mass is 10.0. The summed E-state index contributed by atoms with van der Waals surface area (Å²) in [5.41, 5.74) is 0.608. The number of carbonyl (C=O) groups excluding carboxylic acids is 1. The SMILES string of the molecule is CC(C)CC(NC(=O)C(CC(C)C)NS(=O)(=O)Cc1ccccc1)C(=O)O. The maximum absolute atomic E-state index is 12.6. The number of carbonyl (C=O) groups is 2. The fourth-order valence-electron chi connectivity index (χ4n) is 2.70. The average Bonchev–Trinajstić information content (AvgIpc) is 2.52. The van der Waals surface area contributed by atoms with Crippen molar-refractivity contribution >= 4 is 21.9 Å². The maximum Gasteiger partial charge on any atom is 0.326 e. The molecule has 0 bridgehead atoms. The molecule has 0 radical (unpaired) electrons. The summed E-state index contributed by atoms with van der Waals surface area (Å²) in [4.78, 5) is 24.0. The predicted octanol–water partition coefficient (Wildman–Crippen LogP) is 2.14. The van der Waals surface area contributed by atoms with Crippen molar-refractivity contribution in [3.63, 3.8) is 0 Å². The molecular weight excluding hydrogens is 368 g/mol. The Morgan fingerprint density at radius 2 is 1.48 bits per heavy atom. The van der Waals surface area contributed by atoms with E-state index in [2.05, 4.69) is 10.0 Å². The summed E-state index contributed by atoms with van der Waals surface area (Å²) < 4.78 is 27.4. The molecule has 0 fully saturated rings. The molecule has 8 heteroatoms. The highest BCUT2D eigenvalue weighted by Gasteiger charge is 2.29. The Morgan fingerprint density at radius 3 is 1.96 bits per heavy atom. The first kappa shape index (κ1) is 23.1. The molecule has 2 unspecified atom stereocenters. The second-order valence-corrected chi connectivity index (χ2v) is 9.33. The molecule has 0 saturated heterocycles. The van der Waals surface area contributed by atoms with Crippen molar-refractivity contribution in [2.75, 3.05) is 0 Å². The first-order chi connectivity index (χ1) is 12.5. The minimum absolute atomic E-state index is 0.0496. The smallest absolute Gasteiger partial charge is 0.326 e. The van der Waals surface area contributed by atoms with Gasteiger partial charge in [0, 0.05) is 0 Å². The lowest BCUT2D eigenvalue weighted by Crippen LogP contribution is -2.52. The van der Waals surface area contributed by atoms with Crippen molar-refractivity contribution in [1.29, 1.82) is 0 Å². The van der Waals surface area contributed by atoms with Crippen LogP contribution in [0.25, 0.3) is 0 Å². The summed E-state index contributed by atoms with van der Waals surface area (Å²) in [6.45, 7) is 7.45. The number of amides is 1. The third kappa shape index (κ3) is 9.01. The minimum Gasteiger partial charge on any atom is -0.480 e. The molecule has 2 atom stereocenters. The fourth-order valence-corrected chi connectivity index (χ4v) is 4.05. The van der Waals surface area contributed by atoms with Crippen molar-refractivity contribution in [1.82, 2.24) is 10.0 Å². The third-order valence-electron chi connectivity index (χ3n) is 3.87. The first-order valence-corrected chi connectivity index (χ1v) is 10.7. The van der Waals surface area contributed by atoms with Gasteiger partial charge in [0.15, 0.2) is 0 Å². The number of carboxylic acid groups (broad SMARTS) is 1. The molecule has 1 aromatic rings. The third-order valence-corrected chi connectivity index (χ3v) is 5.22. The van der Waals surface area contributed by atoms with E-state index in [1.165, 1.54) is 0 Å². The number of aliphatic carboxylic acids is 1. The van der Waals surface area contributed by atoms with E-state index < -0.39 is 34.0 Å². The molecule has 152 valence electrons. The minimum atomic E-state index is -3.76. The Labute approximate surface area is 161 Å². The van der Waals surface area contributed by atoms with Crippen LogP contribution in [0.3, 0.4) is 0 Å². The molecule has 0 aliphatic rings. The molecule has 0 aromatic heterocycles. The summed E-state index contributed by atoms with van der Waals surface area (Å²) in [6.07, 6.45) is 0.542. The average molecular weight is 399 g/mol. The van der Waals surface area contributed by atoms with Crippen molar-refractivity contribution in [3.05, 3.63) is 35.9 Å². The van der Waals surface area contributed by atoms with Crippen LogP contribution < -0.4 is 10.0 Å². The number of rotatable bonds is 11. The van der Waals surface area contributed by atoms with Gasteiger partial charge in [-0.05, 0) is 30.2 Å². The summed E-state index contributed by atoms with van der Waals surface area (Å²) in [5, 5.41) is 11.8. The van der Waals surface area contributed by atoms with E-state index in [-0.39, 0.29) is 30.4 Å². The van der Waals surface area contributed by atoms with Gasteiger partial charge in [-0.15, -0.1) is 0 Å². The van der Waals surface area contributed by atoms with E-state index in [0.29, 0.717) is 5.56 Å². The molecule has 0 aliphatic carbocycles. The summed E-state index contributed by atoms with van der Waals surface area (Å²) >= 11 is 0. The monoisotopic (exact) mass is 398 g/mol. The molecule has 0 heterocycles. The Hall–Kier alpha value is -1.93. The Balaban J connectivity index is 2.90.